The van der Waals surface area contributed by atoms with Crippen molar-refractivity contribution < 1.29 is 0 Å². The highest BCUT2D eigenvalue weighted by Crippen LogP contribution is 2.35. The highest BCUT2D eigenvalue weighted by molar-refractivity contribution is 8.03. The number of hydrogen-bond donors (Lipinski definition) is 0. The van der Waals surface area contributed by atoms with Crippen LogP contribution in [0.3, 0.4) is 0 Å². The first-order valence-corrected chi connectivity index (χ1v) is 6.66. The molecule has 1 aliphatic rings. The lowest BCUT2D eigenvalue weighted by Crippen LogP contribution is -1.83. The van der Waals surface area contributed by atoms with E-state index < -0.39 is 0 Å². The van der Waals surface area contributed by atoms with Crippen molar-refractivity contribution in [1.29, 1.82) is 0 Å². The van der Waals surface area contributed by atoms with Crippen LogP contribution in [0.15, 0.2) is 40.1 Å². The molecular formula is C14H18S. The van der Waals surface area contributed by atoms with E-state index in [-0.39, 0.29) is 0 Å². The van der Waals surface area contributed by atoms with Gasteiger partial charge in [0, 0.05) is 4.90 Å². The van der Waals surface area contributed by atoms with Crippen LogP contribution in [0.2, 0.25) is 0 Å². The average molecular weight is 218 g/mol. The first-order chi connectivity index (χ1) is 7.40. The van der Waals surface area contributed by atoms with Crippen molar-refractivity contribution in [3.8, 4) is 0 Å². The molecule has 0 saturated carbocycles. The predicted octanol–water partition coefficient (Wildman–Crippen LogP) is 4.80. The zero-order valence-corrected chi connectivity index (χ0v) is 10.1. The molecule has 0 radical (unpaired) electrons. The Kier molecular flexibility index (Phi) is 3.90. The van der Waals surface area contributed by atoms with Crippen molar-refractivity contribution in [2.45, 2.75) is 43.9 Å². The molecule has 15 heavy (non-hydrogen) atoms. The number of allylic oxidation sites excluding steroid dienone is 2. The SMILES string of the molecule is CCCCC1=CCCc2ccccc2S1. The van der Waals surface area contributed by atoms with E-state index in [4.69, 9.17) is 0 Å². The second-order valence-corrected chi connectivity index (χ2v) is 5.19. The number of aryl methyl sites for hydroxylation is 1. The Morgan fingerprint density at radius 2 is 2.13 bits per heavy atom. The van der Waals surface area contributed by atoms with Gasteiger partial charge in [-0.3, -0.25) is 0 Å². The van der Waals surface area contributed by atoms with E-state index in [0.717, 1.165) is 0 Å². The molecule has 0 unspecified atom stereocenters. The van der Waals surface area contributed by atoms with Crippen LogP contribution in [0.25, 0.3) is 0 Å². The zero-order chi connectivity index (χ0) is 10.5. The molecule has 0 nitrogen and oxygen atoms in total. The van der Waals surface area contributed by atoms with Gasteiger partial charge in [-0.2, -0.15) is 0 Å². The second-order valence-electron chi connectivity index (χ2n) is 4.02. The Morgan fingerprint density at radius 3 is 3.00 bits per heavy atom. The van der Waals surface area contributed by atoms with Gasteiger partial charge in [0.2, 0.25) is 0 Å². The minimum absolute atomic E-state index is 1.21. The molecule has 0 atom stereocenters. The van der Waals surface area contributed by atoms with Crippen molar-refractivity contribution in [1.82, 2.24) is 0 Å². The normalized spacial score (nSPS) is 15.4. The standard InChI is InChI=1S/C14H18S/c1-2-3-9-13-10-6-8-12-7-4-5-11-14(12)15-13/h4-5,7,10-11H,2-3,6,8-9H2,1H3. The van der Waals surface area contributed by atoms with E-state index in [0.29, 0.717) is 0 Å². The Morgan fingerprint density at radius 1 is 1.27 bits per heavy atom. The monoisotopic (exact) mass is 218 g/mol. The summed E-state index contributed by atoms with van der Waals surface area (Å²) in [4.78, 5) is 3.04. The maximum absolute atomic E-state index is 2.43. The molecule has 0 fully saturated rings. The predicted molar refractivity (Wildman–Crippen MR) is 68.2 cm³/mol. The quantitative estimate of drug-likeness (QED) is 0.702. The van der Waals surface area contributed by atoms with E-state index in [9.17, 15) is 0 Å². The summed E-state index contributed by atoms with van der Waals surface area (Å²) in [6, 6.07) is 8.81. The van der Waals surface area contributed by atoms with Crippen LogP contribution in [-0.2, 0) is 6.42 Å². The number of thioether (sulfide) groups is 1. The molecule has 0 aliphatic carbocycles. The molecule has 0 N–H and O–H groups in total. The van der Waals surface area contributed by atoms with Crippen molar-refractivity contribution in [3.05, 3.63) is 40.8 Å². The summed E-state index contributed by atoms with van der Waals surface area (Å²) in [5.41, 5.74) is 1.52. The molecule has 1 aliphatic heterocycles. The molecule has 80 valence electrons. The van der Waals surface area contributed by atoms with Gasteiger partial charge in [0.15, 0.2) is 0 Å². The second kappa shape index (κ2) is 5.41. The van der Waals surface area contributed by atoms with Crippen LogP contribution in [0, 0.1) is 0 Å². The van der Waals surface area contributed by atoms with Crippen LogP contribution < -0.4 is 0 Å². The van der Waals surface area contributed by atoms with Crippen LogP contribution >= 0.6 is 11.8 Å². The van der Waals surface area contributed by atoms with Gasteiger partial charge < -0.3 is 0 Å². The summed E-state index contributed by atoms with van der Waals surface area (Å²) in [7, 11) is 0. The molecule has 1 aromatic rings. The van der Waals surface area contributed by atoms with E-state index in [1.165, 1.54) is 42.6 Å². The highest BCUT2D eigenvalue weighted by atomic mass is 32.2. The van der Waals surface area contributed by atoms with Gasteiger partial charge >= 0.3 is 0 Å². The number of unbranched alkanes of at least 4 members (excludes halogenated alkanes) is 1. The van der Waals surface area contributed by atoms with E-state index in [1.807, 2.05) is 11.8 Å². The molecule has 1 heterocycles. The summed E-state index contributed by atoms with van der Waals surface area (Å²) in [5, 5.41) is 0. The smallest absolute Gasteiger partial charge is 0.0151 e. The molecule has 2 rings (SSSR count). The van der Waals surface area contributed by atoms with Gasteiger partial charge in [-0.25, -0.2) is 0 Å². The molecule has 0 aromatic heterocycles. The molecule has 0 spiro atoms. The third-order valence-electron chi connectivity index (χ3n) is 2.78. The largest absolute Gasteiger partial charge is 0.0946 e. The Labute approximate surface area is 96.8 Å². The van der Waals surface area contributed by atoms with Gasteiger partial charge in [0.25, 0.3) is 0 Å². The maximum Gasteiger partial charge on any atom is 0.0151 e. The van der Waals surface area contributed by atoms with Crippen LogP contribution in [0.1, 0.15) is 38.2 Å². The summed E-state index contributed by atoms with van der Waals surface area (Å²) >= 11 is 1.98. The fourth-order valence-corrected chi connectivity index (χ4v) is 3.06. The lowest BCUT2D eigenvalue weighted by Gasteiger charge is -2.06. The Bertz CT molecular complexity index is 352. The van der Waals surface area contributed by atoms with Crippen molar-refractivity contribution in [2.75, 3.05) is 0 Å². The molecule has 1 aromatic carbocycles. The lowest BCUT2D eigenvalue weighted by atomic mass is 10.1. The van der Waals surface area contributed by atoms with Gasteiger partial charge in [0.05, 0.1) is 0 Å². The number of hydrogen-bond acceptors (Lipinski definition) is 1. The maximum atomic E-state index is 2.43. The lowest BCUT2D eigenvalue weighted by molar-refractivity contribution is 0.805. The van der Waals surface area contributed by atoms with Crippen LogP contribution in [0.4, 0.5) is 0 Å². The molecular weight excluding hydrogens is 200 g/mol. The fourth-order valence-electron chi connectivity index (χ4n) is 1.89. The van der Waals surface area contributed by atoms with Crippen molar-refractivity contribution in [2.24, 2.45) is 0 Å². The van der Waals surface area contributed by atoms with Crippen LogP contribution in [0.5, 0.6) is 0 Å². The number of rotatable bonds is 3. The molecule has 1 heteroatoms. The van der Waals surface area contributed by atoms with Crippen LogP contribution in [-0.4, -0.2) is 0 Å². The van der Waals surface area contributed by atoms with Gasteiger partial charge in [-0.15, -0.1) is 0 Å². The molecule has 0 amide bonds. The van der Waals surface area contributed by atoms with Crippen molar-refractivity contribution >= 4 is 11.8 Å². The fraction of sp³-hybridized carbons (Fsp3) is 0.429. The topological polar surface area (TPSA) is 0 Å². The summed E-state index contributed by atoms with van der Waals surface area (Å²) < 4.78 is 0. The minimum Gasteiger partial charge on any atom is -0.0946 e. The van der Waals surface area contributed by atoms with E-state index >= 15 is 0 Å². The summed E-state index contributed by atoms with van der Waals surface area (Å²) in [5.74, 6) is 0. The Hall–Kier alpha value is -0.690. The average Bonchev–Trinajstić information content (AvgIpc) is 2.47. The van der Waals surface area contributed by atoms with E-state index in [1.54, 1.807) is 4.91 Å². The first kappa shape index (κ1) is 10.8. The zero-order valence-electron chi connectivity index (χ0n) is 9.33. The van der Waals surface area contributed by atoms with Gasteiger partial charge in [-0.05, 0) is 42.2 Å². The van der Waals surface area contributed by atoms with E-state index in [2.05, 4.69) is 37.3 Å². The number of fused-ring (bicyclic) bond motifs is 1. The third kappa shape index (κ3) is 2.88. The third-order valence-corrected chi connectivity index (χ3v) is 4.03. The first-order valence-electron chi connectivity index (χ1n) is 5.85. The summed E-state index contributed by atoms with van der Waals surface area (Å²) in [6.45, 7) is 2.26. The summed E-state index contributed by atoms with van der Waals surface area (Å²) in [6.07, 6.45) is 8.72. The Balaban J connectivity index is 2.10. The van der Waals surface area contributed by atoms with Crippen molar-refractivity contribution in [3.63, 3.8) is 0 Å². The minimum atomic E-state index is 1.21. The van der Waals surface area contributed by atoms with Gasteiger partial charge in [-0.1, -0.05) is 49.4 Å². The number of benzene rings is 1. The molecule has 0 saturated heterocycles. The molecule has 0 bridgehead atoms. The highest BCUT2D eigenvalue weighted by Gasteiger charge is 2.09. The van der Waals surface area contributed by atoms with Gasteiger partial charge in [0.1, 0.15) is 0 Å².